The minimum atomic E-state index is -0.289. The Morgan fingerprint density at radius 3 is 2.33 bits per heavy atom. The Hall–Kier alpha value is -0.770. The maximum Gasteiger partial charge on any atom is 0.410 e. The van der Waals surface area contributed by atoms with Crippen molar-refractivity contribution in [2.75, 3.05) is 19.7 Å². The summed E-state index contributed by atoms with van der Waals surface area (Å²) in [5.41, 5.74) is 5.44. The first-order chi connectivity index (χ1) is 7.05. The number of nitrogens with two attached hydrogens (primary N) is 1. The summed E-state index contributed by atoms with van der Waals surface area (Å²) in [6.07, 6.45) is 1.49. The van der Waals surface area contributed by atoms with Crippen molar-refractivity contribution >= 4 is 6.09 Å². The molecule has 2 N–H and O–H groups in total. The standard InChI is InChI=1S/C11H24N2O2/c1-5-8-13(10(14)15-7-3)11(4,6-2)9-12/h5-9,12H2,1-4H3. The van der Waals surface area contributed by atoms with E-state index in [1.807, 2.05) is 27.7 Å². The predicted molar refractivity (Wildman–Crippen MR) is 61.8 cm³/mol. The summed E-state index contributed by atoms with van der Waals surface area (Å²) >= 11 is 0. The Morgan fingerprint density at radius 2 is 2.00 bits per heavy atom. The minimum Gasteiger partial charge on any atom is -0.450 e. The lowest BCUT2D eigenvalue weighted by atomic mass is 9.97. The van der Waals surface area contributed by atoms with Gasteiger partial charge in [0.1, 0.15) is 0 Å². The third kappa shape index (κ3) is 3.70. The zero-order valence-electron chi connectivity index (χ0n) is 10.4. The Balaban J connectivity index is 4.68. The summed E-state index contributed by atoms with van der Waals surface area (Å²) in [4.78, 5) is 13.5. The van der Waals surface area contributed by atoms with Crippen molar-refractivity contribution in [3.05, 3.63) is 0 Å². The average Bonchev–Trinajstić information content (AvgIpc) is 2.25. The molecule has 4 heteroatoms. The number of carbonyl (C=O) groups is 1. The lowest BCUT2D eigenvalue weighted by molar-refractivity contribution is 0.0594. The number of hydrogen-bond donors (Lipinski definition) is 1. The number of ether oxygens (including phenoxy) is 1. The van der Waals surface area contributed by atoms with Gasteiger partial charge in [-0.2, -0.15) is 0 Å². The van der Waals surface area contributed by atoms with E-state index in [2.05, 4.69) is 0 Å². The summed E-state index contributed by atoms with van der Waals surface area (Å²) in [6, 6.07) is 0. The van der Waals surface area contributed by atoms with E-state index >= 15 is 0 Å². The van der Waals surface area contributed by atoms with E-state index in [4.69, 9.17) is 10.5 Å². The fraction of sp³-hybridized carbons (Fsp3) is 0.909. The molecule has 1 unspecified atom stereocenters. The molecule has 1 amide bonds. The van der Waals surface area contributed by atoms with Crippen molar-refractivity contribution in [2.45, 2.75) is 46.1 Å². The molecule has 0 saturated carbocycles. The monoisotopic (exact) mass is 216 g/mol. The van der Waals surface area contributed by atoms with Gasteiger partial charge in [-0.25, -0.2) is 4.79 Å². The van der Waals surface area contributed by atoms with Crippen molar-refractivity contribution in [1.29, 1.82) is 0 Å². The van der Waals surface area contributed by atoms with Crippen LogP contribution in [0.15, 0.2) is 0 Å². The van der Waals surface area contributed by atoms with E-state index < -0.39 is 0 Å². The predicted octanol–water partition coefficient (Wildman–Crippen LogP) is 1.98. The summed E-state index contributed by atoms with van der Waals surface area (Å²) in [6.45, 7) is 9.45. The zero-order chi connectivity index (χ0) is 11.9. The molecule has 15 heavy (non-hydrogen) atoms. The SMILES string of the molecule is CCCN(C(=O)OCC)C(C)(CC)CN. The lowest BCUT2D eigenvalue weighted by Gasteiger charge is -2.39. The van der Waals surface area contributed by atoms with Crippen LogP contribution in [-0.4, -0.2) is 36.2 Å². The highest BCUT2D eigenvalue weighted by atomic mass is 16.6. The van der Waals surface area contributed by atoms with E-state index in [9.17, 15) is 4.79 Å². The van der Waals surface area contributed by atoms with Gasteiger partial charge in [0.25, 0.3) is 0 Å². The van der Waals surface area contributed by atoms with E-state index in [0.717, 1.165) is 12.8 Å². The minimum absolute atomic E-state index is 0.255. The summed E-state index contributed by atoms with van der Waals surface area (Å²) < 4.78 is 5.04. The van der Waals surface area contributed by atoms with Crippen molar-refractivity contribution in [3.8, 4) is 0 Å². The van der Waals surface area contributed by atoms with Crippen LogP contribution >= 0.6 is 0 Å². The van der Waals surface area contributed by atoms with Gasteiger partial charge in [0.2, 0.25) is 0 Å². The van der Waals surface area contributed by atoms with E-state index in [0.29, 0.717) is 19.7 Å². The highest BCUT2D eigenvalue weighted by Gasteiger charge is 2.32. The summed E-state index contributed by atoms with van der Waals surface area (Å²) in [5.74, 6) is 0. The Morgan fingerprint density at radius 1 is 1.40 bits per heavy atom. The van der Waals surface area contributed by atoms with Gasteiger partial charge in [0.05, 0.1) is 12.1 Å². The molecule has 0 spiro atoms. The van der Waals surface area contributed by atoms with Crippen LogP contribution < -0.4 is 5.73 Å². The third-order valence-corrected chi connectivity index (χ3v) is 2.79. The van der Waals surface area contributed by atoms with Gasteiger partial charge in [-0.3, -0.25) is 0 Å². The highest BCUT2D eigenvalue weighted by Crippen LogP contribution is 2.19. The first-order valence-electron chi connectivity index (χ1n) is 5.70. The van der Waals surface area contributed by atoms with Crippen molar-refractivity contribution in [3.63, 3.8) is 0 Å². The number of hydrogen-bond acceptors (Lipinski definition) is 3. The second-order valence-electron chi connectivity index (χ2n) is 3.91. The van der Waals surface area contributed by atoms with Crippen LogP contribution in [0.2, 0.25) is 0 Å². The normalized spacial score (nSPS) is 14.5. The molecule has 0 aromatic carbocycles. The quantitative estimate of drug-likeness (QED) is 0.738. The van der Waals surface area contributed by atoms with Crippen molar-refractivity contribution in [1.82, 2.24) is 4.90 Å². The molecule has 0 aromatic rings. The van der Waals surface area contributed by atoms with Crippen LogP contribution in [0.1, 0.15) is 40.5 Å². The molecular formula is C11H24N2O2. The zero-order valence-corrected chi connectivity index (χ0v) is 10.4. The van der Waals surface area contributed by atoms with Crippen LogP contribution in [0.25, 0.3) is 0 Å². The molecule has 0 bridgehead atoms. The smallest absolute Gasteiger partial charge is 0.410 e. The van der Waals surface area contributed by atoms with Gasteiger partial charge in [-0.1, -0.05) is 13.8 Å². The second kappa shape index (κ2) is 6.67. The summed E-state index contributed by atoms with van der Waals surface area (Å²) in [7, 11) is 0. The lowest BCUT2D eigenvalue weighted by Crippen LogP contribution is -2.54. The molecule has 0 aromatic heterocycles. The van der Waals surface area contributed by atoms with Gasteiger partial charge < -0.3 is 15.4 Å². The summed E-state index contributed by atoms with van der Waals surface area (Å²) in [5, 5.41) is 0. The van der Waals surface area contributed by atoms with Crippen LogP contribution in [0.4, 0.5) is 4.79 Å². The molecule has 0 rings (SSSR count). The van der Waals surface area contributed by atoms with Crippen LogP contribution in [0.5, 0.6) is 0 Å². The van der Waals surface area contributed by atoms with E-state index in [1.54, 1.807) is 4.90 Å². The fourth-order valence-corrected chi connectivity index (χ4v) is 1.45. The molecule has 0 heterocycles. The second-order valence-corrected chi connectivity index (χ2v) is 3.91. The first kappa shape index (κ1) is 14.2. The third-order valence-electron chi connectivity index (χ3n) is 2.79. The highest BCUT2D eigenvalue weighted by molar-refractivity contribution is 5.68. The van der Waals surface area contributed by atoms with Crippen LogP contribution in [-0.2, 0) is 4.74 Å². The Bertz CT molecular complexity index is 191. The van der Waals surface area contributed by atoms with Gasteiger partial charge >= 0.3 is 6.09 Å². The average molecular weight is 216 g/mol. The maximum atomic E-state index is 11.7. The van der Waals surface area contributed by atoms with Crippen molar-refractivity contribution in [2.24, 2.45) is 5.73 Å². The Kier molecular flexibility index (Phi) is 6.32. The van der Waals surface area contributed by atoms with E-state index in [-0.39, 0.29) is 11.6 Å². The molecule has 0 aliphatic rings. The first-order valence-corrected chi connectivity index (χ1v) is 5.70. The topological polar surface area (TPSA) is 55.6 Å². The molecule has 0 aliphatic carbocycles. The van der Waals surface area contributed by atoms with Gasteiger partial charge in [-0.05, 0) is 26.7 Å². The maximum absolute atomic E-state index is 11.7. The van der Waals surface area contributed by atoms with Gasteiger partial charge in [-0.15, -0.1) is 0 Å². The largest absolute Gasteiger partial charge is 0.450 e. The van der Waals surface area contributed by atoms with Crippen LogP contribution in [0.3, 0.4) is 0 Å². The molecule has 0 fully saturated rings. The van der Waals surface area contributed by atoms with Gasteiger partial charge in [0.15, 0.2) is 0 Å². The molecule has 0 radical (unpaired) electrons. The number of amides is 1. The van der Waals surface area contributed by atoms with Crippen molar-refractivity contribution < 1.29 is 9.53 Å². The fourth-order valence-electron chi connectivity index (χ4n) is 1.45. The molecule has 90 valence electrons. The Labute approximate surface area is 92.8 Å². The molecule has 1 atom stereocenters. The number of nitrogens with zero attached hydrogens (tertiary/aromatic N) is 1. The van der Waals surface area contributed by atoms with E-state index in [1.165, 1.54) is 0 Å². The van der Waals surface area contributed by atoms with Crippen LogP contribution in [0, 0.1) is 0 Å². The number of carbonyl (C=O) groups excluding carboxylic acids is 1. The molecule has 0 saturated heterocycles. The molecular weight excluding hydrogens is 192 g/mol. The molecule has 4 nitrogen and oxygen atoms in total. The number of rotatable bonds is 6. The molecule has 0 aliphatic heterocycles. The van der Waals surface area contributed by atoms with Gasteiger partial charge in [0, 0.05) is 13.1 Å².